The van der Waals surface area contributed by atoms with Gasteiger partial charge in [0.05, 0.1) is 5.02 Å². The molecule has 0 aliphatic heterocycles. The molecule has 14 heavy (non-hydrogen) atoms. The highest BCUT2D eigenvalue weighted by atomic mass is 79.9. The molecule has 0 saturated heterocycles. The number of hydrogen-bond donors (Lipinski definition) is 1. The smallest absolute Gasteiger partial charge is 0.169 e. The second-order valence-electron chi connectivity index (χ2n) is 2.63. The lowest BCUT2D eigenvalue weighted by molar-refractivity contribution is 0.112. The molecule has 0 unspecified atom stereocenters. The molecule has 1 aromatic heterocycles. The number of aldehydes is 1. The van der Waals surface area contributed by atoms with Gasteiger partial charge in [-0.05, 0) is 22.0 Å². The molecule has 3 nitrogen and oxygen atoms in total. The monoisotopic (exact) mass is 276 g/mol. The Kier molecular flexibility index (Phi) is 2.28. The van der Waals surface area contributed by atoms with E-state index in [9.17, 15) is 9.18 Å². The number of aromatic amines is 1. The minimum atomic E-state index is -0.630. The Balaban J connectivity index is 2.97. The highest BCUT2D eigenvalue weighted by Gasteiger charge is 2.15. The molecular formula is C8H3BrClFN2O. The average Bonchev–Trinajstić information content (AvgIpc) is 2.58. The van der Waals surface area contributed by atoms with Gasteiger partial charge in [0.2, 0.25) is 0 Å². The highest BCUT2D eigenvalue weighted by Crippen LogP contribution is 2.31. The number of carbonyl (C=O) groups excluding carboxylic acids is 1. The van der Waals surface area contributed by atoms with Crippen molar-refractivity contribution >= 4 is 44.7 Å². The van der Waals surface area contributed by atoms with E-state index in [1.165, 1.54) is 6.07 Å². The zero-order valence-corrected chi connectivity index (χ0v) is 8.99. The molecule has 2 rings (SSSR count). The Labute approximate surface area is 91.4 Å². The number of rotatable bonds is 1. The van der Waals surface area contributed by atoms with Gasteiger partial charge in [-0.25, -0.2) is 4.39 Å². The van der Waals surface area contributed by atoms with Crippen molar-refractivity contribution in [1.29, 1.82) is 0 Å². The third-order valence-electron chi connectivity index (χ3n) is 1.82. The van der Waals surface area contributed by atoms with Gasteiger partial charge in [-0.2, -0.15) is 5.10 Å². The number of carbonyl (C=O) groups is 1. The lowest BCUT2D eigenvalue weighted by Crippen LogP contribution is -1.83. The molecule has 72 valence electrons. The number of fused-ring (bicyclic) bond motifs is 1. The van der Waals surface area contributed by atoms with Gasteiger partial charge >= 0.3 is 0 Å². The number of hydrogen-bond acceptors (Lipinski definition) is 2. The van der Waals surface area contributed by atoms with Crippen LogP contribution in [0.1, 0.15) is 10.5 Å². The lowest BCUT2D eigenvalue weighted by Gasteiger charge is -1.97. The quantitative estimate of drug-likeness (QED) is 0.643. The standard InChI is InChI=1S/C8H3BrClFN2O/c9-3-1-4(10)7(11)8-6(3)5(2-14)12-13-8/h1-2H,(H,12,13). The van der Waals surface area contributed by atoms with Crippen molar-refractivity contribution in [3.05, 3.63) is 27.1 Å². The van der Waals surface area contributed by atoms with Crippen molar-refractivity contribution in [1.82, 2.24) is 10.2 Å². The average molecular weight is 277 g/mol. The first-order valence-electron chi connectivity index (χ1n) is 3.62. The fraction of sp³-hybridized carbons (Fsp3) is 0. The topological polar surface area (TPSA) is 45.8 Å². The van der Waals surface area contributed by atoms with Crippen molar-refractivity contribution in [2.45, 2.75) is 0 Å². The summed E-state index contributed by atoms with van der Waals surface area (Å²) < 4.78 is 13.9. The summed E-state index contributed by atoms with van der Waals surface area (Å²) in [6, 6.07) is 1.39. The summed E-state index contributed by atoms with van der Waals surface area (Å²) in [5.41, 5.74) is 0.286. The summed E-state index contributed by atoms with van der Waals surface area (Å²) in [4.78, 5) is 10.6. The maximum absolute atomic E-state index is 13.4. The predicted octanol–water partition coefficient (Wildman–Crippen LogP) is 2.93. The van der Waals surface area contributed by atoms with Gasteiger partial charge in [0.15, 0.2) is 12.1 Å². The summed E-state index contributed by atoms with van der Waals surface area (Å²) in [6.07, 6.45) is 0.577. The van der Waals surface area contributed by atoms with Crippen LogP contribution in [0.25, 0.3) is 10.9 Å². The summed E-state index contributed by atoms with van der Waals surface area (Å²) in [7, 11) is 0. The molecule has 0 saturated carbocycles. The summed E-state index contributed by atoms with van der Waals surface area (Å²) >= 11 is 8.78. The number of nitrogens with one attached hydrogen (secondary N) is 1. The van der Waals surface area contributed by atoms with Crippen LogP contribution in [0.3, 0.4) is 0 Å². The number of halogens is 3. The third kappa shape index (κ3) is 1.24. The van der Waals surface area contributed by atoms with Gasteiger partial charge in [-0.1, -0.05) is 11.6 Å². The summed E-state index contributed by atoms with van der Waals surface area (Å²) in [5.74, 6) is -0.630. The van der Waals surface area contributed by atoms with Crippen molar-refractivity contribution in [3.63, 3.8) is 0 Å². The van der Waals surface area contributed by atoms with Gasteiger partial charge in [-0.3, -0.25) is 9.89 Å². The predicted molar refractivity (Wildman–Crippen MR) is 54.1 cm³/mol. The van der Waals surface area contributed by atoms with E-state index in [2.05, 4.69) is 26.1 Å². The second-order valence-corrected chi connectivity index (χ2v) is 3.89. The number of H-pyrrole nitrogens is 1. The van der Waals surface area contributed by atoms with Crippen molar-refractivity contribution in [2.75, 3.05) is 0 Å². The Hall–Kier alpha value is -0.940. The largest absolute Gasteiger partial charge is 0.296 e. The fourth-order valence-electron chi connectivity index (χ4n) is 1.20. The Morgan fingerprint density at radius 1 is 1.64 bits per heavy atom. The van der Waals surface area contributed by atoms with Gasteiger partial charge in [-0.15, -0.1) is 0 Å². The molecule has 2 aromatic rings. The SMILES string of the molecule is O=Cc1[nH]nc2c(F)c(Cl)cc(Br)c12. The first kappa shape index (κ1) is 9.61. The minimum Gasteiger partial charge on any atom is -0.296 e. The zero-order chi connectivity index (χ0) is 10.3. The lowest BCUT2D eigenvalue weighted by atomic mass is 10.2. The van der Waals surface area contributed by atoms with E-state index < -0.39 is 5.82 Å². The van der Waals surface area contributed by atoms with Crippen LogP contribution in [0.2, 0.25) is 5.02 Å². The van der Waals surface area contributed by atoms with Crippen molar-refractivity contribution < 1.29 is 9.18 Å². The number of nitrogens with zero attached hydrogens (tertiary/aromatic N) is 1. The van der Waals surface area contributed by atoms with Crippen LogP contribution < -0.4 is 0 Å². The van der Waals surface area contributed by atoms with Gasteiger partial charge < -0.3 is 0 Å². The Morgan fingerprint density at radius 2 is 2.36 bits per heavy atom. The van der Waals surface area contributed by atoms with E-state index in [-0.39, 0.29) is 16.2 Å². The van der Waals surface area contributed by atoms with Gasteiger partial charge in [0.25, 0.3) is 0 Å². The van der Waals surface area contributed by atoms with Crippen LogP contribution >= 0.6 is 27.5 Å². The van der Waals surface area contributed by atoms with E-state index in [0.29, 0.717) is 16.1 Å². The first-order valence-corrected chi connectivity index (χ1v) is 4.79. The molecule has 6 heteroatoms. The maximum atomic E-state index is 13.4. The van der Waals surface area contributed by atoms with Gasteiger partial charge in [0, 0.05) is 9.86 Å². The second kappa shape index (κ2) is 3.33. The fourth-order valence-corrected chi connectivity index (χ4v) is 2.16. The van der Waals surface area contributed by atoms with E-state index in [0.717, 1.165) is 0 Å². The molecule has 0 amide bonds. The number of benzene rings is 1. The molecule has 0 bridgehead atoms. The van der Waals surface area contributed by atoms with Crippen LogP contribution in [0.15, 0.2) is 10.5 Å². The van der Waals surface area contributed by atoms with Crippen LogP contribution in [-0.4, -0.2) is 16.5 Å². The first-order chi connectivity index (χ1) is 6.65. The van der Waals surface area contributed by atoms with E-state index in [1.807, 2.05) is 0 Å². The molecule has 1 aromatic carbocycles. The molecule has 0 aliphatic carbocycles. The van der Waals surface area contributed by atoms with E-state index >= 15 is 0 Å². The number of aromatic nitrogens is 2. The van der Waals surface area contributed by atoms with Gasteiger partial charge in [0.1, 0.15) is 11.2 Å². The zero-order valence-electron chi connectivity index (χ0n) is 6.64. The molecule has 1 heterocycles. The normalized spacial score (nSPS) is 10.8. The van der Waals surface area contributed by atoms with Crippen LogP contribution in [0, 0.1) is 5.82 Å². The summed E-state index contributed by atoms with van der Waals surface area (Å²) in [5, 5.41) is 6.46. The molecule has 0 spiro atoms. The highest BCUT2D eigenvalue weighted by molar-refractivity contribution is 9.10. The molecule has 0 atom stereocenters. The molecule has 0 radical (unpaired) electrons. The molecule has 1 N–H and O–H groups in total. The van der Waals surface area contributed by atoms with Crippen LogP contribution in [0.5, 0.6) is 0 Å². The third-order valence-corrected chi connectivity index (χ3v) is 2.72. The Bertz CT molecular complexity index is 526. The van der Waals surface area contributed by atoms with E-state index in [1.54, 1.807) is 0 Å². The van der Waals surface area contributed by atoms with Crippen LogP contribution in [-0.2, 0) is 0 Å². The van der Waals surface area contributed by atoms with Crippen LogP contribution in [0.4, 0.5) is 4.39 Å². The van der Waals surface area contributed by atoms with Crippen molar-refractivity contribution in [2.24, 2.45) is 0 Å². The molecule has 0 aliphatic rings. The van der Waals surface area contributed by atoms with E-state index in [4.69, 9.17) is 11.6 Å². The molecular weight excluding hydrogens is 274 g/mol. The summed E-state index contributed by atoms with van der Waals surface area (Å²) in [6.45, 7) is 0. The van der Waals surface area contributed by atoms with Crippen molar-refractivity contribution in [3.8, 4) is 0 Å². The Morgan fingerprint density at radius 3 is 3.00 bits per heavy atom. The minimum absolute atomic E-state index is 0.0340. The molecule has 0 fully saturated rings. The maximum Gasteiger partial charge on any atom is 0.169 e.